The molecule has 136 valence electrons. The molecule has 1 atom stereocenters. The Labute approximate surface area is 161 Å². The normalized spacial score (nSPS) is 12.3. The Morgan fingerprint density at radius 3 is 2.69 bits per heavy atom. The van der Waals surface area contributed by atoms with E-state index in [2.05, 4.69) is 29.4 Å². The van der Waals surface area contributed by atoms with E-state index in [1.54, 1.807) is 11.3 Å². The van der Waals surface area contributed by atoms with Gasteiger partial charge in [-0.1, -0.05) is 62.0 Å². The quantitative estimate of drug-likeness (QED) is 0.563. The molecule has 0 aliphatic carbocycles. The summed E-state index contributed by atoms with van der Waals surface area (Å²) in [7, 11) is 0. The Morgan fingerprint density at radius 2 is 2.00 bits per heavy atom. The first kappa shape index (κ1) is 18.7. The van der Waals surface area contributed by atoms with Gasteiger partial charge in [0, 0.05) is 0 Å². The van der Waals surface area contributed by atoms with Crippen molar-refractivity contribution in [2.45, 2.75) is 31.5 Å². The van der Waals surface area contributed by atoms with E-state index in [0.29, 0.717) is 17.0 Å². The van der Waals surface area contributed by atoms with E-state index in [9.17, 15) is 4.79 Å². The molecule has 0 radical (unpaired) electrons. The Hall–Kier alpha value is -2.12. The van der Waals surface area contributed by atoms with Gasteiger partial charge >= 0.3 is 0 Å². The van der Waals surface area contributed by atoms with Gasteiger partial charge in [-0.3, -0.25) is 4.79 Å². The summed E-state index contributed by atoms with van der Waals surface area (Å²) in [5, 5.41) is 13.5. The van der Waals surface area contributed by atoms with Crippen molar-refractivity contribution >= 4 is 29.0 Å². The van der Waals surface area contributed by atoms with Gasteiger partial charge in [0.2, 0.25) is 5.91 Å². The lowest BCUT2D eigenvalue weighted by molar-refractivity contribution is -0.119. The number of nitrogens with one attached hydrogen (secondary N) is 1. The maximum atomic E-state index is 12.4. The van der Waals surface area contributed by atoms with Crippen molar-refractivity contribution in [1.82, 2.24) is 15.5 Å². The fraction of sp³-hybridized carbons (Fsp3) is 0.316. The second-order valence-corrected chi connectivity index (χ2v) is 8.17. The average Bonchev–Trinajstić information content (AvgIpc) is 3.31. The van der Waals surface area contributed by atoms with Crippen LogP contribution in [0.3, 0.4) is 0 Å². The maximum Gasteiger partial charge on any atom is 0.277 e. The van der Waals surface area contributed by atoms with Crippen LogP contribution in [0.15, 0.2) is 57.5 Å². The van der Waals surface area contributed by atoms with Crippen LogP contribution < -0.4 is 5.32 Å². The zero-order valence-electron chi connectivity index (χ0n) is 14.7. The summed E-state index contributed by atoms with van der Waals surface area (Å²) in [6, 6.07) is 13.9. The van der Waals surface area contributed by atoms with E-state index in [-0.39, 0.29) is 17.7 Å². The third-order valence-electron chi connectivity index (χ3n) is 3.71. The minimum Gasteiger partial charge on any atom is -0.410 e. The molecule has 0 spiro atoms. The zero-order chi connectivity index (χ0) is 18.4. The van der Waals surface area contributed by atoms with Gasteiger partial charge in [-0.15, -0.1) is 21.5 Å². The van der Waals surface area contributed by atoms with E-state index in [0.717, 1.165) is 16.9 Å². The van der Waals surface area contributed by atoms with Gasteiger partial charge in [0.25, 0.3) is 11.1 Å². The lowest BCUT2D eigenvalue weighted by atomic mass is 9.97. The standard InChI is InChI=1S/C19H21N3O2S2/c1-13(2)11-15(14-7-4-3-5-8-14)20-17(23)12-26-19-22-21-18(24-19)16-9-6-10-25-16/h3-10,13,15H,11-12H2,1-2H3,(H,20,23). The van der Waals surface area contributed by atoms with Crippen LogP contribution in [0.4, 0.5) is 0 Å². The molecule has 0 fully saturated rings. The van der Waals surface area contributed by atoms with Crippen LogP contribution in [0.1, 0.15) is 31.9 Å². The fourth-order valence-electron chi connectivity index (χ4n) is 2.57. The number of aromatic nitrogens is 2. The van der Waals surface area contributed by atoms with Crippen molar-refractivity contribution in [3.63, 3.8) is 0 Å². The largest absolute Gasteiger partial charge is 0.410 e. The smallest absolute Gasteiger partial charge is 0.277 e. The first-order chi connectivity index (χ1) is 12.6. The number of benzene rings is 1. The van der Waals surface area contributed by atoms with E-state index in [1.807, 2.05) is 47.8 Å². The molecule has 3 aromatic rings. The molecule has 2 heterocycles. The summed E-state index contributed by atoms with van der Waals surface area (Å²) < 4.78 is 5.60. The molecule has 0 saturated carbocycles. The first-order valence-corrected chi connectivity index (χ1v) is 10.3. The number of carbonyl (C=O) groups is 1. The van der Waals surface area contributed by atoms with Crippen molar-refractivity contribution in [1.29, 1.82) is 0 Å². The zero-order valence-corrected chi connectivity index (χ0v) is 16.3. The summed E-state index contributed by atoms with van der Waals surface area (Å²) >= 11 is 2.80. The fourth-order valence-corrected chi connectivity index (χ4v) is 3.78. The van der Waals surface area contributed by atoms with Crippen molar-refractivity contribution in [2.75, 3.05) is 5.75 Å². The molecular formula is C19H21N3O2S2. The molecule has 7 heteroatoms. The van der Waals surface area contributed by atoms with Gasteiger partial charge in [-0.25, -0.2) is 0 Å². The molecule has 2 aromatic heterocycles. The minimum atomic E-state index is -0.0413. The molecule has 0 bridgehead atoms. The maximum absolute atomic E-state index is 12.4. The van der Waals surface area contributed by atoms with Crippen molar-refractivity contribution in [3.05, 3.63) is 53.4 Å². The summed E-state index contributed by atoms with van der Waals surface area (Å²) in [5.74, 6) is 1.18. The molecule has 1 amide bonds. The molecule has 0 saturated heterocycles. The summed E-state index contributed by atoms with van der Waals surface area (Å²) in [6.45, 7) is 4.31. The van der Waals surface area contributed by atoms with Crippen LogP contribution in [-0.4, -0.2) is 21.9 Å². The van der Waals surface area contributed by atoms with Crippen molar-refractivity contribution in [3.8, 4) is 10.8 Å². The van der Waals surface area contributed by atoms with Gasteiger partial charge in [-0.05, 0) is 29.3 Å². The van der Waals surface area contributed by atoms with Crippen LogP contribution in [0, 0.1) is 5.92 Å². The van der Waals surface area contributed by atoms with E-state index in [1.165, 1.54) is 11.8 Å². The number of hydrogen-bond donors (Lipinski definition) is 1. The molecule has 1 unspecified atom stereocenters. The molecule has 1 N–H and O–H groups in total. The Balaban J connectivity index is 1.57. The van der Waals surface area contributed by atoms with E-state index < -0.39 is 0 Å². The number of carbonyl (C=O) groups excluding carboxylic acids is 1. The SMILES string of the molecule is CC(C)CC(NC(=O)CSc1nnc(-c2cccs2)o1)c1ccccc1. The molecule has 0 aliphatic heterocycles. The van der Waals surface area contributed by atoms with Gasteiger partial charge < -0.3 is 9.73 Å². The predicted molar refractivity (Wildman–Crippen MR) is 105 cm³/mol. The van der Waals surface area contributed by atoms with Gasteiger partial charge in [0.15, 0.2) is 0 Å². The topological polar surface area (TPSA) is 68.0 Å². The highest BCUT2D eigenvalue weighted by Gasteiger charge is 2.17. The summed E-state index contributed by atoms with van der Waals surface area (Å²) in [4.78, 5) is 13.3. The highest BCUT2D eigenvalue weighted by Crippen LogP contribution is 2.27. The number of thioether (sulfide) groups is 1. The third-order valence-corrected chi connectivity index (χ3v) is 5.39. The first-order valence-electron chi connectivity index (χ1n) is 8.46. The van der Waals surface area contributed by atoms with Crippen LogP contribution >= 0.6 is 23.1 Å². The van der Waals surface area contributed by atoms with E-state index >= 15 is 0 Å². The predicted octanol–water partition coefficient (Wildman–Crippen LogP) is 4.79. The number of thiophene rings is 1. The Morgan fingerprint density at radius 1 is 1.19 bits per heavy atom. The minimum absolute atomic E-state index is 0.00802. The van der Waals surface area contributed by atoms with Gasteiger partial charge in [0.05, 0.1) is 16.7 Å². The summed E-state index contributed by atoms with van der Waals surface area (Å²) in [6.07, 6.45) is 0.892. The lowest BCUT2D eigenvalue weighted by Gasteiger charge is -2.21. The molecule has 1 aromatic carbocycles. The molecular weight excluding hydrogens is 366 g/mol. The average molecular weight is 388 g/mol. The highest BCUT2D eigenvalue weighted by atomic mass is 32.2. The monoisotopic (exact) mass is 387 g/mol. The summed E-state index contributed by atoms with van der Waals surface area (Å²) in [5.41, 5.74) is 1.12. The van der Waals surface area contributed by atoms with Crippen LogP contribution in [0.5, 0.6) is 0 Å². The second kappa shape index (κ2) is 9.00. The van der Waals surface area contributed by atoms with E-state index in [4.69, 9.17) is 4.42 Å². The number of nitrogens with zero attached hydrogens (tertiary/aromatic N) is 2. The van der Waals surface area contributed by atoms with Crippen LogP contribution in [-0.2, 0) is 4.79 Å². The third kappa shape index (κ3) is 5.19. The lowest BCUT2D eigenvalue weighted by Crippen LogP contribution is -2.30. The Bertz CT molecular complexity index is 816. The van der Waals surface area contributed by atoms with Crippen molar-refractivity contribution < 1.29 is 9.21 Å². The highest BCUT2D eigenvalue weighted by molar-refractivity contribution is 7.99. The number of rotatable bonds is 8. The van der Waals surface area contributed by atoms with Gasteiger partial charge in [0.1, 0.15) is 0 Å². The molecule has 26 heavy (non-hydrogen) atoms. The van der Waals surface area contributed by atoms with Crippen molar-refractivity contribution in [2.24, 2.45) is 5.92 Å². The van der Waals surface area contributed by atoms with Crippen LogP contribution in [0.2, 0.25) is 0 Å². The number of amides is 1. The van der Waals surface area contributed by atoms with Gasteiger partial charge in [-0.2, -0.15) is 0 Å². The molecule has 5 nitrogen and oxygen atoms in total. The van der Waals surface area contributed by atoms with Crippen LogP contribution in [0.25, 0.3) is 10.8 Å². The molecule has 0 aliphatic rings. The second-order valence-electron chi connectivity index (χ2n) is 6.30. The number of hydrogen-bond acceptors (Lipinski definition) is 6. The molecule has 3 rings (SSSR count). The Kier molecular flexibility index (Phi) is 6.46.